The molecule has 0 unspecified atom stereocenters. The van der Waals surface area contributed by atoms with Gasteiger partial charge in [-0.05, 0) is 12.1 Å². The molecule has 1 aromatic rings. The van der Waals surface area contributed by atoms with Crippen molar-refractivity contribution in [3.05, 3.63) is 36.7 Å². The molecule has 0 amide bonds. The maximum absolute atomic E-state index is 8.89. The van der Waals surface area contributed by atoms with Crippen molar-refractivity contribution in [2.45, 2.75) is 6.42 Å². The summed E-state index contributed by atoms with van der Waals surface area (Å²) in [5, 5.41) is 8.89. The van der Waals surface area contributed by atoms with E-state index in [-0.39, 0.29) is 6.61 Å². The van der Waals surface area contributed by atoms with E-state index in [2.05, 4.69) is 16.5 Å². The molecule has 0 saturated heterocycles. The number of nitrogens with two attached hydrogens (primary N) is 1. The predicted molar refractivity (Wildman–Crippen MR) is 66.1 cm³/mol. The summed E-state index contributed by atoms with van der Waals surface area (Å²) in [5.41, 5.74) is 7.26. The number of aliphatic hydroxyl groups is 1. The van der Waals surface area contributed by atoms with Crippen molar-refractivity contribution in [3.63, 3.8) is 0 Å². The minimum atomic E-state index is 0.170. The van der Waals surface area contributed by atoms with E-state index in [4.69, 9.17) is 10.8 Å². The Kier molecular flexibility index (Phi) is 5.53. The van der Waals surface area contributed by atoms with Gasteiger partial charge in [0.1, 0.15) is 0 Å². The number of anilines is 1. The molecular formula is C12H19N3O. The monoisotopic (exact) mass is 221 g/mol. The Balaban J connectivity index is 2.41. The second kappa shape index (κ2) is 6.98. The number of nitrogens with zero attached hydrogens (tertiary/aromatic N) is 2. The SMILES string of the molecule is C=CCN(CCO)CCc1ccc(N)cn1. The number of hydrogen-bond acceptors (Lipinski definition) is 4. The first-order chi connectivity index (χ1) is 7.76. The van der Waals surface area contributed by atoms with E-state index in [1.54, 1.807) is 6.20 Å². The molecule has 16 heavy (non-hydrogen) atoms. The van der Waals surface area contributed by atoms with Gasteiger partial charge in [0.15, 0.2) is 0 Å². The molecule has 88 valence electrons. The third-order valence-electron chi connectivity index (χ3n) is 2.34. The minimum absolute atomic E-state index is 0.170. The lowest BCUT2D eigenvalue weighted by Crippen LogP contribution is -2.29. The van der Waals surface area contributed by atoms with Crippen molar-refractivity contribution in [1.82, 2.24) is 9.88 Å². The average molecular weight is 221 g/mol. The van der Waals surface area contributed by atoms with Crippen LogP contribution in [0.3, 0.4) is 0 Å². The third-order valence-corrected chi connectivity index (χ3v) is 2.34. The molecule has 0 aliphatic rings. The molecule has 0 spiro atoms. The fourth-order valence-corrected chi connectivity index (χ4v) is 1.47. The second-order valence-corrected chi connectivity index (χ2v) is 3.65. The van der Waals surface area contributed by atoms with Gasteiger partial charge in [-0.2, -0.15) is 0 Å². The Labute approximate surface area is 96.4 Å². The van der Waals surface area contributed by atoms with Crippen molar-refractivity contribution in [2.75, 3.05) is 32.0 Å². The van der Waals surface area contributed by atoms with Gasteiger partial charge < -0.3 is 10.8 Å². The average Bonchev–Trinajstić information content (AvgIpc) is 2.29. The number of hydrogen-bond donors (Lipinski definition) is 2. The van der Waals surface area contributed by atoms with Gasteiger partial charge >= 0.3 is 0 Å². The Hall–Kier alpha value is -1.39. The van der Waals surface area contributed by atoms with Crippen molar-refractivity contribution >= 4 is 5.69 Å². The van der Waals surface area contributed by atoms with Crippen LogP contribution in [0.5, 0.6) is 0 Å². The Bertz CT molecular complexity index is 311. The summed E-state index contributed by atoms with van der Waals surface area (Å²) in [6.45, 7) is 6.18. The highest BCUT2D eigenvalue weighted by Gasteiger charge is 2.03. The molecule has 1 heterocycles. The van der Waals surface area contributed by atoms with E-state index in [0.29, 0.717) is 12.2 Å². The molecule has 4 nitrogen and oxygen atoms in total. The zero-order valence-electron chi connectivity index (χ0n) is 9.47. The molecule has 0 bridgehead atoms. The van der Waals surface area contributed by atoms with Crippen molar-refractivity contribution < 1.29 is 5.11 Å². The van der Waals surface area contributed by atoms with E-state index in [1.807, 2.05) is 18.2 Å². The molecule has 0 aliphatic carbocycles. The van der Waals surface area contributed by atoms with E-state index in [0.717, 1.165) is 25.2 Å². The summed E-state index contributed by atoms with van der Waals surface area (Å²) in [6, 6.07) is 3.78. The van der Waals surface area contributed by atoms with E-state index < -0.39 is 0 Å². The van der Waals surface area contributed by atoms with Gasteiger partial charge in [0.25, 0.3) is 0 Å². The molecule has 0 aromatic carbocycles. The number of pyridine rings is 1. The van der Waals surface area contributed by atoms with Gasteiger partial charge in [0.05, 0.1) is 18.5 Å². The first-order valence-corrected chi connectivity index (χ1v) is 5.40. The number of rotatable bonds is 7. The summed E-state index contributed by atoms with van der Waals surface area (Å²) in [5.74, 6) is 0. The normalized spacial score (nSPS) is 10.6. The van der Waals surface area contributed by atoms with Crippen molar-refractivity contribution in [1.29, 1.82) is 0 Å². The highest BCUT2D eigenvalue weighted by Crippen LogP contribution is 2.02. The zero-order valence-corrected chi connectivity index (χ0v) is 9.47. The Morgan fingerprint density at radius 2 is 2.25 bits per heavy atom. The summed E-state index contributed by atoms with van der Waals surface area (Å²) < 4.78 is 0. The molecule has 1 aromatic heterocycles. The largest absolute Gasteiger partial charge is 0.397 e. The molecule has 0 atom stereocenters. The molecule has 3 N–H and O–H groups in total. The zero-order chi connectivity index (χ0) is 11.8. The number of aliphatic hydroxyl groups excluding tert-OH is 1. The van der Waals surface area contributed by atoms with Crippen LogP contribution in [0.1, 0.15) is 5.69 Å². The lowest BCUT2D eigenvalue weighted by molar-refractivity contribution is 0.209. The summed E-state index contributed by atoms with van der Waals surface area (Å²) in [6.07, 6.45) is 4.36. The van der Waals surface area contributed by atoms with Gasteiger partial charge in [-0.3, -0.25) is 9.88 Å². The van der Waals surface area contributed by atoms with Crippen LogP contribution < -0.4 is 5.73 Å². The van der Waals surface area contributed by atoms with Crippen LogP contribution in [-0.2, 0) is 6.42 Å². The first-order valence-electron chi connectivity index (χ1n) is 5.40. The maximum atomic E-state index is 8.89. The predicted octanol–water partition coefficient (Wildman–Crippen LogP) is 0.687. The van der Waals surface area contributed by atoms with Crippen LogP contribution in [0.2, 0.25) is 0 Å². The molecule has 0 saturated carbocycles. The third kappa shape index (κ3) is 4.42. The van der Waals surface area contributed by atoms with Gasteiger partial charge in [-0.1, -0.05) is 6.08 Å². The van der Waals surface area contributed by atoms with Gasteiger partial charge in [0, 0.05) is 31.7 Å². The summed E-state index contributed by atoms with van der Waals surface area (Å²) >= 11 is 0. The van der Waals surface area contributed by atoms with Crippen LogP contribution in [-0.4, -0.2) is 41.2 Å². The highest BCUT2D eigenvalue weighted by atomic mass is 16.3. The molecule has 0 radical (unpaired) electrons. The minimum Gasteiger partial charge on any atom is -0.397 e. The van der Waals surface area contributed by atoms with Gasteiger partial charge in [-0.25, -0.2) is 0 Å². The standard InChI is InChI=1S/C12H19N3O/c1-2-6-15(8-9-16)7-5-12-4-3-11(13)10-14-12/h2-4,10,16H,1,5-9,13H2. The Morgan fingerprint density at radius 3 is 2.81 bits per heavy atom. The van der Waals surface area contributed by atoms with E-state index in [1.165, 1.54) is 0 Å². The fraction of sp³-hybridized carbons (Fsp3) is 0.417. The smallest absolute Gasteiger partial charge is 0.0558 e. The fourth-order valence-electron chi connectivity index (χ4n) is 1.47. The van der Waals surface area contributed by atoms with Crippen LogP contribution in [0.15, 0.2) is 31.0 Å². The van der Waals surface area contributed by atoms with E-state index in [9.17, 15) is 0 Å². The number of nitrogen functional groups attached to an aromatic ring is 1. The molecule has 4 heteroatoms. The second-order valence-electron chi connectivity index (χ2n) is 3.65. The highest BCUT2D eigenvalue weighted by molar-refractivity contribution is 5.34. The molecule has 0 fully saturated rings. The van der Waals surface area contributed by atoms with Crippen molar-refractivity contribution in [3.8, 4) is 0 Å². The molecule has 0 aliphatic heterocycles. The quantitative estimate of drug-likeness (QED) is 0.665. The van der Waals surface area contributed by atoms with Crippen LogP contribution in [0.4, 0.5) is 5.69 Å². The lowest BCUT2D eigenvalue weighted by atomic mass is 10.2. The van der Waals surface area contributed by atoms with Crippen molar-refractivity contribution in [2.24, 2.45) is 0 Å². The van der Waals surface area contributed by atoms with Crippen LogP contribution >= 0.6 is 0 Å². The number of aromatic nitrogens is 1. The van der Waals surface area contributed by atoms with Gasteiger partial charge in [0.2, 0.25) is 0 Å². The maximum Gasteiger partial charge on any atom is 0.0558 e. The molecular weight excluding hydrogens is 202 g/mol. The summed E-state index contributed by atoms with van der Waals surface area (Å²) in [7, 11) is 0. The van der Waals surface area contributed by atoms with Crippen LogP contribution in [0, 0.1) is 0 Å². The first kappa shape index (κ1) is 12.7. The topological polar surface area (TPSA) is 62.4 Å². The summed E-state index contributed by atoms with van der Waals surface area (Å²) in [4.78, 5) is 6.36. The van der Waals surface area contributed by atoms with E-state index >= 15 is 0 Å². The van der Waals surface area contributed by atoms with Crippen LogP contribution in [0.25, 0.3) is 0 Å². The van der Waals surface area contributed by atoms with Gasteiger partial charge in [-0.15, -0.1) is 6.58 Å². The lowest BCUT2D eigenvalue weighted by Gasteiger charge is -2.18. The Morgan fingerprint density at radius 1 is 1.44 bits per heavy atom. The molecule has 1 rings (SSSR count).